The number of amides is 1. The van der Waals surface area contributed by atoms with E-state index >= 15 is 0 Å². The smallest absolute Gasteiger partial charge is 0.266 e. The van der Waals surface area contributed by atoms with Crippen molar-refractivity contribution in [2.45, 2.75) is 38.4 Å². The van der Waals surface area contributed by atoms with Crippen LogP contribution >= 0.6 is 0 Å². The Kier molecular flexibility index (Phi) is 4.80. The molecule has 1 aromatic rings. The maximum absolute atomic E-state index is 13.8. The lowest BCUT2D eigenvalue weighted by atomic mass is 9.93. The van der Waals surface area contributed by atoms with E-state index in [4.69, 9.17) is 4.84 Å². The monoisotopic (exact) mass is 338 g/mol. The van der Waals surface area contributed by atoms with E-state index in [1.54, 1.807) is 11.8 Å². The number of aliphatic hydroxyl groups excluding tert-OH is 1. The number of carbonyl (C=O) groups is 1. The third-order valence-electron chi connectivity index (χ3n) is 4.64. The molecule has 0 spiro atoms. The van der Waals surface area contributed by atoms with E-state index in [1.807, 2.05) is 0 Å². The first-order chi connectivity index (χ1) is 11.5. The molecule has 1 amide bonds. The van der Waals surface area contributed by atoms with Gasteiger partial charge in [-0.15, -0.1) is 0 Å². The van der Waals surface area contributed by atoms with E-state index in [0.717, 1.165) is 31.0 Å². The number of hydrogen-bond acceptors (Lipinski definition) is 4. The molecule has 0 aromatic heterocycles. The van der Waals surface area contributed by atoms with Gasteiger partial charge in [0, 0.05) is 31.0 Å². The summed E-state index contributed by atoms with van der Waals surface area (Å²) in [5.74, 6) is -1.35. The summed E-state index contributed by atoms with van der Waals surface area (Å²) >= 11 is 0. The number of hydrogen-bond donors (Lipinski definition) is 1. The highest BCUT2D eigenvalue weighted by molar-refractivity contribution is 6.04. The van der Waals surface area contributed by atoms with Crippen molar-refractivity contribution < 1.29 is 23.5 Å². The number of likely N-dealkylation sites (tertiary alicyclic amines) is 1. The number of rotatable bonds is 3. The second kappa shape index (κ2) is 6.84. The molecular formula is C17H20F2N2O3. The highest BCUT2D eigenvalue weighted by atomic mass is 19.1. The number of nitrogens with zero attached hydrogens (tertiary/aromatic N) is 2. The Labute approximate surface area is 138 Å². The molecule has 1 N–H and O–H groups in total. The standard InChI is InChI=1S/C17H20F2N2O3/c1-10(22)11-3-2-6-21(9-11)17(23)16-8-15(20-24-16)13-7-12(18)4-5-14(13)19/h4-5,7,10-11,16,22H,2-3,6,8-9H2,1H3. The van der Waals surface area contributed by atoms with E-state index in [-0.39, 0.29) is 29.5 Å². The Morgan fingerprint density at radius 3 is 3.00 bits per heavy atom. The van der Waals surface area contributed by atoms with Crippen LogP contribution in [0.15, 0.2) is 23.4 Å². The van der Waals surface area contributed by atoms with Crippen molar-refractivity contribution in [2.24, 2.45) is 11.1 Å². The fourth-order valence-electron chi connectivity index (χ4n) is 3.20. The number of oxime groups is 1. The molecule has 7 heteroatoms. The van der Waals surface area contributed by atoms with Crippen LogP contribution in [-0.2, 0) is 9.63 Å². The molecule has 0 radical (unpaired) electrons. The van der Waals surface area contributed by atoms with Gasteiger partial charge < -0.3 is 14.8 Å². The number of carbonyl (C=O) groups excluding carboxylic acids is 1. The van der Waals surface area contributed by atoms with Crippen LogP contribution in [0.4, 0.5) is 8.78 Å². The zero-order valence-corrected chi connectivity index (χ0v) is 13.4. The van der Waals surface area contributed by atoms with Crippen LogP contribution in [0.2, 0.25) is 0 Å². The Hall–Kier alpha value is -2.02. The molecule has 0 bridgehead atoms. The third kappa shape index (κ3) is 3.40. The molecule has 24 heavy (non-hydrogen) atoms. The van der Waals surface area contributed by atoms with E-state index in [2.05, 4.69) is 5.16 Å². The average Bonchev–Trinajstić information content (AvgIpc) is 3.06. The summed E-state index contributed by atoms with van der Waals surface area (Å²) in [6.45, 7) is 2.80. The SMILES string of the molecule is CC(O)C1CCCN(C(=O)C2CC(c3cc(F)ccc3F)=NO2)C1. The van der Waals surface area contributed by atoms with Crippen molar-refractivity contribution >= 4 is 11.6 Å². The summed E-state index contributed by atoms with van der Waals surface area (Å²) in [6, 6.07) is 3.11. The predicted molar refractivity (Wildman–Crippen MR) is 83.4 cm³/mol. The number of piperidine rings is 1. The molecule has 2 aliphatic heterocycles. The molecule has 2 heterocycles. The fraction of sp³-hybridized carbons (Fsp3) is 0.529. The van der Waals surface area contributed by atoms with Crippen LogP contribution in [0.5, 0.6) is 0 Å². The van der Waals surface area contributed by atoms with Gasteiger partial charge in [0.05, 0.1) is 11.8 Å². The molecule has 5 nitrogen and oxygen atoms in total. The van der Waals surface area contributed by atoms with Gasteiger partial charge in [0.15, 0.2) is 0 Å². The second-order valence-electron chi connectivity index (χ2n) is 6.39. The second-order valence-corrected chi connectivity index (χ2v) is 6.39. The summed E-state index contributed by atoms with van der Waals surface area (Å²) in [4.78, 5) is 19.4. The summed E-state index contributed by atoms with van der Waals surface area (Å²) in [5, 5.41) is 13.5. The molecule has 1 saturated heterocycles. The average molecular weight is 338 g/mol. The van der Waals surface area contributed by atoms with Crippen LogP contribution in [0.3, 0.4) is 0 Å². The maximum atomic E-state index is 13.8. The molecule has 0 saturated carbocycles. The molecule has 3 rings (SSSR count). The van der Waals surface area contributed by atoms with Crippen molar-refractivity contribution in [1.82, 2.24) is 4.90 Å². The van der Waals surface area contributed by atoms with Crippen molar-refractivity contribution in [3.05, 3.63) is 35.4 Å². The van der Waals surface area contributed by atoms with Crippen molar-refractivity contribution in [3.8, 4) is 0 Å². The predicted octanol–water partition coefficient (Wildman–Crippen LogP) is 2.08. The maximum Gasteiger partial charge on any atom is 0.266 e. The largest absolute Gasteiger partial charge is 0.393 e. The number of benzene rings is 1. The zero-order chi connectivity index (χ0) is 17.3. The first kappa shape index (κ1) is 16.8. The van der Waals surface area contributed by atoms with Gasteiger partial charge in [-0.1, -0.05) is 5.16 Å². The topological polar surface area (TPSA) is 62.1 Å². The Bertz CT molecular complexity index is 663. The lowest BCUT2D eigenvalue weighted by Gasteiger charge is -2.34. The zero-order valence-electron chi connectivity index (χ0n) is 13.4. The third-order valence-corrected chi connectivity index (χ3v) is 4.64. The van der Waals surface area contributed by atoms with Gasteiger partial charge in [-0.3, -0.25) is 4.79 Å². The normalized spacial score (nSPS) is 25.2. The molecular weight excluding hydrogens is 318 g/mol. The van der Waals surface area contributed by atoms with Crippen LogP contribution < -0.4 is 0 Å². The Morgan fingerprint density at radius 2 is 2.25 bits per heavy atom. The summed E-state index contributed by atoms with van der Waals surface area (Å²) in [7, 11) is 0. The molecule has 1 fully saturated rings. The quantitative estimate of drug-likeness (QED) is 0.918. The van der Waals surface area contributed by atoms with Crippen molar-refractivity contribution in [3.63, 3.8) is 0 Å². The highest BCUT2D eigenvalue weighted by Gasteiger charge is 2.36. The summed E-state index contributed by atoms with van der Waals surface area (Å²) < 4.78 is 27.1. The van der Waals surface area contributed by atoms with Crippen LogP contribution in [0, 0.1) is 17.6 Å². The van der Waals surface area contributed by atoms with Gasteiger partial charge in [0.1, 0.15) is 11.6 Å². The first-order valence-corrected chi connectivity index (χ1v) is 8.10. The van der Waals surface area contributed by atoms with E-state index in [9.17, 15) is 18.7 Å². The lowest BCUT2D eigenvalue weighted by molar-refractivity contribution is -0.144. The molecule has 3 atom stereocenters. The Morgan fingerprint density at radius 1 is 1.46 bits per heavy atom. The van der Waals surface area contributed by atoms with Crippen molar-refractivity contribution in [2.75, 3.05) is 13.1 Å². The molecule has 1 aromatic carbocycles. The minimum Gasteiger partial charge on any atom is -0.393 e. The van der Waals surface area contributed by atoms with Gasteiger partial charge in [0.25, 0.3) is 5.91 Å². The van der Waals surface area contributed by atoms with Gasteiger partial charge in [0.2, 0.25) is 6.10 Å². The van der Waals surface area contributed by atoms with Gasteiger partial charge in [-0.05, 0) is 38.0 Å². The van der Waals surface area contributed by atoms with E-state index in [0.29, 0.717) is 13.1 Å². The molecule has 130 valence electrons. The summed E-state index contributed by atoms with van der Waals surface area (Å²) in [6.07, 6.45) is 0.507. The number of halogens is 2. The van der Waals surface area contributed by atoms with Gasteiger partial charge >= 0.3 is 0 Å². The highest BCUT2D eigenvalue weighted by Crippen LogP contribution is 2.25. The van der Waals surface area contributed by atoms with Crippen LogP contribution in [0.25, 0.3) is 0 Å². The van der Waals surface area contributed by atoms with Crippen LogP contribution in [-0.4, -0.2) is 46.9 Å². The van der Waals surface area contributed by atoms with Gasteiger partial charge in [-0.25, -0.2) is 8.78 Å². The van der Waals surface area contributed by atoms with E-state index in [1.165, 1.54) is 0 Å². The lowest BCUT2D eigenvalue weighted by Crippen LogP contribution is -2.47. The minimum atomic E-state index is -0.824. The van der Waals surface area contributed by atoms with Gasteiger partial charge in [-0.2, -0.15) is 0 Å². The van der Waals surface area contributed by atoms with E-state index < -0.39 is 23.8 Å². The molecule has 2 aliphatic rings. The fourth-order valence-corrected chi connectivity index (χ4v) is 3.20. The van der Waals surface area contributed by atoms with Crippen molar-refractivity contribution in [1.29, 1.82) is 0 Å². The summed E-state index contributed by atoms with van der Waals surface area (Å²) in [5.41, 5.74) is 0.250. The first-order valence-electron chi connectivity index (χ1n) is 8.10. The minimum absolute atomic E-state index is 0.0193. The molecule has 3 unspecified atom stereocenters. The Balaban J connectivity index is 1.66. The van der Waals surface area contributed by atoms with Crippen LogP contribution in [0.1, 0.15) is 31.7 Å². The number of aliphatic hydroxyl groups is 1. The molecule has 0 aliphatic carbocycles.